The van der Waals surface area contributed by atoms with Crippen LogP contribution in [0.15, 0.2) is 30.3 Å². The molecule has 1 aliphatic heterocycles. The van der Waals surface area contributed by atoms with Crippen LogP contribution in [0.4, 0.5) is 10.8 Å². The van der Waals surface area contributed by atoms with Crippen molar-refractivity contribution in [3.8, 4) is 0 Å². The Kier molecular flexibility index (Phi) is 5.63. The molecule has 3 heterocycles. The molecule has 156 valence electrons. The van der Waals surface area contributed by atoms with Gasteiger partial charge in [0.05, 0.1) is 11.6 Å². The zero-order chi connectivity index (χ0) is 21.3. The maximum atomic E-state index is 12.7. The third kappa shape index (κ3) is 4.25. The van der Waals surface area contributed by atoms with E-state index in [1.54, 1.807) is 4.90 Å². The number of benzene rings is 1. The van der Waals surface area contributed by atoms with Crippen molar-refractivity contribution in [1.29, 1.82) is 0 Å². The van der Waals surface area contributed by atoms with Gasteiger partial charge >= 0.3 is 0 Å². The lowest BCUT2D eigenvalue weighted by molar-refractivity contribution is -0.122. The van der Waals surface area contributed by atoms with Crippen LogP contribution >= 0.6 is 11.3 Å². The highest BCUT2D eigenvalue weighted by molar-refractivity contribution is 7.15. The maximum Gasteiger partial charge on any atom is 0.231 e. The van der Waals surface area contributed by atoms with Crippen molar-refractivity contribution in [3.63, 3.8) is 0 Å². The minimum Gasteiger partial charge on any atom is -0.311 e. The van der Waals surface area contributed by atoms with E-state index in [2.05, 4.69) is 20.6 Å². The number of nitrogens with one attached hydrogen (secondary N) is 1. The van der Waals surface area contributed by atoms with Gasteiger partial charge < -0.3 is 10.2 Å². The first-order valence-corrected chi connectivity index (χ1v) is 10.7. The number of hydrogen-bond acceptors (Lipinski definition) is 6. The summed E-state index contributed by atoms with van der Waals surface area (Å²) in [4.78, 5) is 26.8. The average molecular weight is 425 g/mol. The van der Waals surface area contributed by atoms with E-state index in [-0.39, 0.29) is 18.2 Å². The molecule has 30 heavy (non-hydrogen) atoms. The van der Waals surface area contributed by atoms with Gasteiger partial charge in [-0.15, -0.1) is 10.2 Å². The summed E-state index contributed by atoms with van der Waals surface area (Å²) in [5, 5.41) is 16.8. The molecule has 4 rings (SSSR count). The summed E-state index contributed by atoms with van der Waals surface area (Å²) in [5.74, 6) is -0.632. The molecule has 1 aromatic carbocycles. The van der Waals surface area contributed by atoms with Crippen LogP contribution in [0.5, 0.6) is 0 Å². The van der Waals surface area contributed by atoms with Gasteiger partial charge in [0.1, 0.15) is 5.01 Å². The topological polar surface area (TPSA) is 93.0 Å². The molecule has 9 heteroatoms. The summed E-state index contributed by atoms with van der Waals surface area (Å²) in [5.41, 5.74) is 3.97. The van der Waals surface area contributed by atoms with Crippen molar-refractivity contribution < 1.29 is 9.59 Å². The Hall–Kier alpha value is -3.07. The van der Waals surface area contributed by atoms with Gasteiger partial charge in [-0.25, -0.2) is 0 Å². The minimum atomic E-state index is -0.404. The fourth-order valence-electron chi connectivity index (χ4n) is 3.70. The Morgan fingerprint density at radius 3 is 2.77 bits per heavy atom. The minimum absolute atomic E-state index is 0.0349. The Morgan fingerprint density at radius 2 is 2.03 bits per heavy atom. The van der Waals surface area contributed by atoms with Gasteiger partial charge in [-0.1, -0.05) is 29.5 Å². The molecule has 0 unspecified atom stereocenters. The average Bonchev–Trinajstić information content (AvgIpc) is 3.39. The van der Waals surface area contributed by atoms with E-state index in [0.717, 1.165) is 27.6 Å². The van der Waals surface area contributed by atoms with E-state index in [9.17, 15) is 9.59 Å². The van der Waals surface area contributed by atoms with E-state index in [4.69, 9.17) is 0 Å². The number of rotatable bonds is 6. The third-order valence-electron chi connectivity index (χ3n) is 5.24. The van der Waals surface area contributed by atoms with Crippen LogP contribution in [0, 0.1) is 26.7 Å². The summed E-state index contributed by atoms with van der Waals surface area (Å²) in [7, 11) is 0. The molecule has 0 bridgehead atoms. The summed E-state index contributed by atoms with van der Waals surface area (Å²) < 4.78 is 1.94. The highest BCUT2D eigenvalue weighted by atomic mass is 32.1. The van der Waals surface area contributed by atoms with Gasteiger partial charge in [0.15, 0.2) is 0 Å². The van der Waals surface area contributed by atoms with Crippen LogP contribution in [0.3, 0.4) is 0 Å². The van der Waals surface area contributed by atoms with Gasteiger partial charge in [-0.05, 0) is 38.5 Å². The number of hydrogen-bond donors (Lipinski definition) is 1. The molecule has 2 amide bonds. The SMILES string of the molecule is Cc1cc(C)n(CCc2nnc(NC(=O)[C@@H]3CC(=O)N(c4ccccc4C)C3)s2)n1. The first-order chi connectivity index (χ1) is 14.4. The molecular formula is C21H24N6O2S. The number of nitrogens with zero attached hydrogens (tertiary/aromatic N) is 5. The molecule has 1 N–H and O–H groups in total. The van der Waals surface area contributed by atoms with E-state index >= 15 is 0 Å². The molecular weight excluding hydrogens is 400 g/mol. The number of aromatic nitrogens is 4. The van der Waals surface area contributed by atoms with Gasteiger partial charge in [0, 0.05) is 37.3 Å². The van der Waals surface area contributed by atoms with E-state index in [1.165, 1.54) is 11.3 Å². The van der Waals surface area contributed by atoms with Gasteiger partial charge in [0.25, 0.3) is 0 Å². The second kappa shape index (κ2) is 8.35. The van der Waals surface area contributed by atoms with E-state index in [0.29, 0.717) is 24.6 Å². The zero-order valence-corrected chi connectivity index (χ0v) is 18.1. The van der Waals surface area contributed by atoms with E-state index in [1.807, 2.05) is 55.8 Å². The third-order valence-corrected chi connectivity index (χ3v) is 6.14. The van der Waals surface area contributed by atoms with Crippen molar-refractivity contribution in [3.05, 3.63) is 52.3 Å². The lowest BCUT2D eigenvalue weighted by atomic mass is 10.1. The maximum absolute atomic E-state index is 12.7. The number of carbonyl (C=O) groups excluding carboxylic acids is 2. The van der Waals surface area contributed by atoms with Crippen LogP contribution in [-0.4, -0.2) is 38.3 Å². The molecule has 0 aliphatic carbocycles. The van der Waals surface area contributed by atoms with Crippen molar-refractivity contribution in [2.24, 2.45) is 5.92 Å². The molecule has 1 saturated heterocycles. The molecule has 0 radical (unpaired) electrons. The van der Waals surface area contributed by atoms with Crippen molar-refractivity contribution in [2.75, 3.05) is 16.8 Å². The molecule has 0 spiro atoms. The molecule has 1 fully saturated rings. The molecule has 1 aliphatic rings. The molecule has 1 atom stereocenters. The van der Waals surface area contributed by atoms with Crippen LogP contribution in [-0.2, 0) is 22.6 Å². The van der Waals surface area contributed by atoms with Crippen LogP contribution in [0.2, 0.25) is 0 Å². The number of anilines is 2. The normalized spacial score (nSPS) is 16.3. The highest BCUT2D eigenvalue weighted by Gasteiger charge is 2.36. The highest BCUT2D eigenvalue weighted by Crippen LogP contribution is 2.28. The first kappa shape index (κ1) is 20.2. The number of amides is 2. The summed E-state index contributed by atoms with van der Waals surface area (Å²) in [6.45, 7) is 7.04. The number of aryl methyl sites for hydroxylation is 5. The second-order valence-electron chi connectivity index (χ2n) is 7.58. The standard InChI is InChI=1S/C21H24N6O2S/c1-13-6-4-5-7-17(13)26-12-16(11-19(26)28)20(29)22-21-24-23-18(30-21)8-9-27-15(3)10-14(2)25-27/h4-7,10,16H,8-9,11-12H2,1-3H3,(H,22,24,29)/t16-/m1/s1. The van der Waals surface area contributed by atoms with Gasteiger partial charge in [-0.2, -0.15) is 5.10 Å². The van der Waals surface area contributed by atoms with Crippen LogP contribution < -0.4 is 10.2 Å². The zero-order valence-electron chi connectivity index (χ0n) is 17.3. The van der Waals surface area contributed by atoms with Crippen molar-refractivity contribution in [1.82, 2.24) is 20.0 Å². The smallest absolute Gasteiger partial charge is 0.231 e. The number of para-hydroxylation sites is 1. The lowest BCUT2D eigenvalue weighted by Gasteiger charge is -2.18. The molecule has 0 saturated carbocycles. The predicted octanol–water partition coefficient (Wildman–Crippen LogP) is 2.89. The van der Waals surface area contributed by atoms with Crippen LogP contribution in [0.1, 0.15) is 28.4 Å². The molecule has 8 nitrogen and oxygen atoms in total. The summed E-state index contributed by atoms with van der Waals surface area (Å²) in [6.07, 6.45) is 0.891. The monoisotopic (exact) mass is 424 g/mol. The van der Waals surface area contributed by atoms with Gasteiger partial charge in [0.2, 0.25) is 16.9 Å². The van der Waals surface area contributed by atoms with Gasteiger partial charge in [-0.3, -0.25) is 14.3 Å². The Labute approximate surface area is 178 Å². The molecule has 3 aromatic rings. The second-order valence-corrected chi connectivity index (χ2v) is 8.64. The summed E-state index contributed by atoms with van der Waals surface area (Å²) >= 11 is 1.36. The largest absolute Gasteiger partial charge is 0.311 e. The Morgan fingerprint density at radius 1 is 1.23 bits per heavy atom. The Balaban J connectivity index is 1.35. The molecule has 2 aromatic heterocycles. The van der Waals surface area contributed by atoms with E-state index < -0.39 is 5.92 Å². The fourth-order valence-corrected chi connectivity index (χ4v) is 4.43. The van der Waals surface area contributed by atoms with Crippen molar-refractivity contribution >= 4 is 34.0 Å². The predicted molar refractivity (Wildman–Crippen MR) is 116 cm³/mol. The fraction of sp³-hybridized carbons (Fsp3) is 0.381. The first-order valence-electron chi connectivity index (χ1n) is 9.91. The number of carbonyl (C=O) groups is 2. The Bertz CT molecular complexity index is 1090. The van der Waals surface area contributed by atoms with Crippen LogP contribution in [0.25, 0.3) is 0 Å². The summed E-state index contributed by atoms with van der Waals surface area (Å²) in [6, 6.07) is 9.75. The lowest BCUT2D eigenvalue weighted by Crippen LogP contribution is -2.28. The van der Waals surface area contributed by atoms with Crippen molar-refractivity contribution in [2.45, 2.75) is 40.2 Å². The quantitative estimate of drug-likeness (QED) is 0.657.